The van der Waals surface area contributed by atoms with E-state index in [2.05, 4.69) is 25.9 Å². The number of carbonyl (C=O) groups excluding carboxylic acids is 2. The van der Waals surface area contributed by atoms with Gasteiger partial charge in [0.1, 0.15) is 29.2 Å². The van der Waals surface area contributed by atoms with Crippen LogP contribution in [-0.2, 0) is 11.2 Å². The molecule has 1 fully saturated rings. The zero-order chi connectivity index (χ0) is 22.5. The average molecular weight is 443 g/mol. The number of ether oxygens (including phenoxy) is 2. The normalized spacial score (nSPS) is 21.6. The number of rotatable bonds is 4. The highest BCUT2D eigenvalue weighted by Crippen LogP contribution is 2.54. The molecule has 0 spiro atoms. The van der Waals surface area contributed by atoms with Crippen LogP contribution >= 0.6 is 0 Å². The van der Waals surface area contributed by atoms with Crippen molar-refractivity contribution in [3.05, 3.63) is 65.6 Å². The highest BCUT2D eigenvalue weighted by molar-refractivity contribution is 5.93. The number of carbonyl (C=O) groups is 2. The van der Waals surface area contributed by atoms with Gasteiger partial charge < -0.3 is 25.4 Å². The molecule has 33 heavy (non-hydrogen) atoms. The lowest BCUT2D eigenvalue weighted by Gasteiger charge is -2.19. The van der Waals surface area contributed by atoms with Crippen LogP contribution in [0.1, 0.15) is 29.0 Å². The van der Waals surface area contributed by atoms with E-state index in [1.807, 2.05) is 31.2 Å². The van der Waals surface area contributed by atoms with Gasteiger partial charge in [0.2, 0.25) is 5.91 Å². The van der Waals surface area contributed by atoms with Gasteiger partial charge >= 0.3 is 6.03 Å². The van der Waals surface area contributed by atoms with Crippen LogP contribution in [-0.4, -0.2) is 34.1 Å². The number of aryl methyl sites for hydroxylation is 1. The standard InChI is InChI=1S/C24H21N5O4/c1-12-6-8-25-11-16(12)27-24(31)29-21-20-15-10-13(2-4-17(15)33-22(20)21)32-18-7-9-26-23-14(18)3-5-19(30)28-23/h2,4,6-11,20-22H,3,5H2,1H3,(H,26,28,30)(H2,27,29,31)/t20-,21+,22-/m0/s1. The molecular formula is C24H21N5O4. The van der Waals surface area contributed by atoms with E-state index in [1.165, 1.54) is 0 Å². The molecule has 9 heteroatoms. The van der Waals surface area contributed by atoms with Gasteiger partial charge in [0.05, 0.1) is 23.8 Å². The molecule has 4 heterocycles. The number of benzene rings is 1. The predicted molar refractivity (Wildman–Crippen MR) is 120 cm³/mol. The van der Waals surface area contributed by atoms with Crippen LogP contribution in [0, 0.1) is 6.92 Å². The molecule has 0 unspecified atom stereocenters. The molecule has 166 valence electrons. The van der Waals surface area contributed by atoms with Crippen molar-refractivity contribution in [1.29, 1.82) is 0 Å². The van der Waals surface area contributed by atoms with Crippen LogP contribution < -0.4 is 25.4 Å². The van der Waals surface area contributed by atoms with Gasteiger partial charge in [-0.2, -0.15) is 0 Å². The molecule has 3 atom stereocenters. The lowest BCUT2D eigenvalue weighted by atomic mass is 10.1. The summed E-state index contributed by atoms with van der Waals surface area (Å²) in [6.45, 7) is 1.91. The van der Waals surface area contributed by atoms with E-state index in [9.17, 15) is 9.59 Å². The van der Waals surface area contributed by atoms with Crippen molar-refractivity contribution in [3.63, 3.8) is 0 Å². The van der Waals surface area contributed by atoms with Gasteiger partial charge in [0.15, 0.2) is 0 Å². The van der Waals surface area contributed by atoms with Crippen LogP contribution in [0.2, 0.25) is 0 Å². The number of nitrogens with zero attached hydrogens (tertiary/aromatic N) is 2. The van der Waals surface area contributed by atoms with E-state index in [0.29, 0.717) is 35.8 Å². The van der Waals surface area contributed by atoms with Crippen molar-refractivity contribution in [2.45, 2.75) is 37.8 Å². The van der Waals surface area contributed by atoms with Crippen LogP contribution in [0.4, 0.5) is 16.3 Å². The Morgan fingerprint density at radius 2 is 2.12 bits per heavy atom. The van der Waals surface area contributed by atoms with Crippen molar-refractivity contribution < 1.29 is 19.1 Å². The van der Waals surface area contributed by atoms with Gasteiger partial charge in [-0.1, -0.05) is 0 Å². The summed E-state index contributed by atoms with van der Waals surface area (Å²) in [6.07, 6.45) is 5.84. The molecule has 3 aromatic rings. The third-order valence-corrected chi connectivity index (χ3v) is 6.24. The quantitative estimate of drug-likeness (QED) is 0.569. The molecule has 2 aliphatic heterocycles. The second-order valence-electron chi connectivity index (χ2n) is 8.41. The fourth-order valence-electron chi connectivity index (χ4n) is 4.46. The first-order valence-corrected chi connectivity index (χ1v) is 10.8. The summed E-state index contributed by atoms with van der Waals surface area (Å²) in [5, 5.41) is 8.62. The molecule has 2 aromatic heterocycles. The number of aromatic nitrogens is 2. The Bertz CT molecular complexity index is 1290. The Hall–Kier alpha value is -4.14. The molecule has 1 aliphatic carbocycles. The van der Waals surface area contributed by atoms with Crippen molar-refractivity contribution in [3.8, 4) is 17.2 Å². The number of amides is 3. The van der Waals surface area contributed by atoms with Gasteiger partial charge in [-0.3, -0.25) is 9.78 Å². The first-order chi connectivity index (χ1) is 16.1. The zero-order valence-corrected chi connectivity index (χ0v) is 17.8. The van der Waals surface area contributed by atoms with Gasteiger partial charge in [0, 0.05) is 29.9 Å². The molecule has 3 amide bonds. The maximum absolute atomic E-state index is 12.5. The number of hydrogen-bond acceptors (Lipinski definition) is 6. The maximum atomic E-state index is 12.5. The van der Waals surface area contributed by atoms with E-state index in [1.54, 1.807) is 24.7 Å². The lowest BCUT2D eigenvalue weighted by molar-refractivity contribution is -0.116. The average Bonchev–Trinajstić information content (AvgIpc) is 3.31. The van der Waals surface area contributed by atoms with Gasteiger partial charge in [0.25, 0.3) is 0 Å². The molecule has 0 radical (unpaired) electrons. The van der Waals surface area contributed by atoms with E-state index in [4.69, 9.17) is 9.47 Å². The van der Waals surface area contributed by atoms with Crippen molar-refractivity contribution in [2.24, 2.45) is 0 Å². The maximum Gasteiger partial charge on any atom is 0.319 e. The topological polar surface area (TPSA) is 114 Å². The Morgan fingerprint density at radius 1 is 1.21 bits per heavy atom. The van der Waals surface area contributed by atoms with E-state index < -0.39 is 0 Å². The fourth-order valence-corrected chi connectivity index (χ4v) is 4.46. The summed E-state index contributed by atoms with van der Waals surface area (Å²) in [5.41, 5.74) is 3.52. The third-order valence-electron chi connectivity index (χ3n) is 6.24. The number of urea groups is 1. The number of nitrogens with one attached hydrogen (secondary N) is 3. The minimum atomic E-state index is -0.284. The smallest absolute Gasteiger partial charge is 0.319 e. The summed E-state index contributed by atoms with van der Waals surface area (Å²) in [4.78, 5) is 32.4. The number of hydrogen-bond donors (Lipinski definition) is 3. The third kappa shape index (κ3) is 3.51. The molecule has 1 aromatic carbocycles. The van der Waals surface area contributed by atoms with Crippen molar-refractivity contribution in [2.75, 3.05) is 10.6 Å². The molecule has 0 saturated heterocycles. The summed E-state index contributed by atoms with van der Waals surface area (Å²) < 4.78 is 12.2. The van der Waals surface area contributed by atoms with Gasteiger partial charge in [-0.15, -0.1) is 0 Å². The summed E-state index contributed by atoms with van der Waals surface area (Å²) >= 11 is 0. The molecule has 9 nitrogen and oxygen atoms in total. The first-order valence-electron chi connectivity index (χ1n) is 10.8. The lowest BCUT2D eigenvalue weighted by Crippen LogP contribution is -2.34. The van der Waals surface area contributed by atoms with Crippen LogP contribution in [0.3, 0.4) is 0 Å². The first kappa shape index (κ1) is 19.5. The van der Waals surface area contributed by atoms with E-state index in [0.717, 1.165) is 22.4 Å². The van der Waals surface area contributed by atoms with Crippen LogP contribution in [0.15, 0.2) is 48.9 Å². The molecule has 3 aliphatic rings. The fraction of sp³-hybridized carbons (Fsp3) is 0.250. The summed E-state index contributed by atoms with van der Waals surface area (Å²) in [7, 11) is 0. The number of pyridine rings is 2. The van der Waals surface area contributed by atoms with Crippen molar-refractivity contribution >= 4 is 23.4 Å². The minimum Gasteiger partial charge on any atom is -0.487 e. The SMILES string of the molecule is Cc1ccncc1NC(=O)N[C@H]1[C@H]2Oc3ccc(Oc4ccnc5c4CCC(=O)N5)cc3[C@@H]12. The van der Waals surface area contributed by atoms with Crippen molar-refractivity contribution in [1.82, 2.24) is 15.3 Å². The second kappa shape index (κ2) is 7.47. The monoisotopic (exact) mass is 443 g/mol. The Labute approximate surface area is 189 Å². The van der Waals surface area contributed by atoms with E-state index >= 15 is 0 Å². The molecule has 0 bridgehead atoms. The Kier molecular flexibility index (Phi) is 4.42. The van der Waals surface area contributed by atoms with Crippen LogP contribution in [0.5, 0.6) is 17.2 Å². The highest BCUT2D eigenvalue weighted by atomic mass is 16.5. The largest absolute Gasteiger partial charge is 0.487 e. The Morgan fingerprint density at radius 3 is 3.00 bits per heavy atom. The molecule has 1 saturated carbocycles. The number of anilines is 2. The summed E-state index contributed by atoms with van der Waals surface area (Å²) in [6, 6.07) is 8.97. The number of fused-ring (bicyclic) bond motifs is 4. The van der Waals surface area contributed by atoms with Crippen LogP contribution in [0.25, 0.3) is 0 Å². The Balaban J connectivity index is 1.16. The summed E-state index contributed by atoms with van der Waals surface area (Å²) in [5.74, 6) is 2.74. The van der Waals surface area contributed by atoms with Gasteiger partial charge in [-0.05, 0) is 49.2 Å². The predicted octanol–water partition coefficient (Wildman–Crippen LogP) is 3.51. The second-order valence-corrected chi connectivity index (χ2v) is 8.41. The minimum absolute atomic E-state index is 0.0390. The molecule has 3 N–H and O–H groups in total. The van der Waals surface area contributed by atoms with E-state index in [-0.39, 0.29) is 30.0 Å². The van der Waals surface area contributed by atoms with Gasteiger partial charge in [-0.25, -0.2) is 9.78 Å². The molecule has 6 rings (SSSR count). The highest BCUT2D eigenvalue weighted by Gasteiger charge is 2.59. The zero-order valence-electron chi connectivity index (χ0n) is 17.8. The molecular weight excluding hydrogens is 422 g/mol.